The van der Waals surface area contributed by atoms with Gasteiger partial charge in [-0.15, -0.1) is 0 Å². The minimum Gasteiger partial charge on any atom is -0.496 e. The Labute approximate surface area is 141 Å². The number of carbonyl (C=O) groups excluding carboxylic acids is 2. The van der Waals surface area contributed by atoms with Crippen LogP contribution >= 0.6 is 0 Å². The highest BCUT2D eigenvalue weighted by atomic mass is 16.5. The quantitative estimate of drug-likeness (QED) is 0.577. The fourth-order valence-electron chi connectivity index (χ4n) is 2.25. The molecule has 24 heavy (non-hydrogen) atoms. The fourth-order valence-corrected chi connectivity index (χ4v) is 2.25. The summed E-state index contributed by atoms with van der Waals surface area (Å²) in [5.74, 6) is 0.770. The highest BCUT2D eigenvalue weighted by Gasteiger charge is 2.17. The molecule has 2 rings (SSSR count). The number of aryl methyl sites for hydroxylation is 1. The third-order valence-corrected chi connectivity index (χ3v) is 3.62. The van der Waals surface area contributed by atoms with E-state index in [9.17, 15) is 9.59 Å². The summed E-state index contributed by atoms with van der Waals surface area (Å²) in [5.41, 5.74) is 1.66. The van der Waals surface area contributed by atoms with Gasteiger partial charge in [0.2, 0.25) is 0 Å². The van der Waals surface area contributed by atoms with Crippen LogP contribution in [0.3, 0.4) is 0 Å². The van der Waals surface area contributed by atoms with Gasteiger partial charge in [0.1, 0.15) is 12.2 Å². The molecule has 0 atom stereocenters. The van der Waals surface area contributed by atoms with E-state index < -0.39 is 5.78 Å². The van der Waals surface area contributed by atoms with Crippen molar-refractivity contribution in [1.82, 2.24) is 0 Å². The summed E-state index contributed by atoms with van der Waals surface area (Å²) in [5, 5.41) is 0. The average Bonchev–Trinajstić information content (AvgIpc) is 2.61. The molecule has 0 saturated heterocycles. The monoisotopic (exact) mass is 327 g/mol. The van der Waals surface area contributed by atoms with E-state index in [1.54, 1.807) is 36.4 Å². The van der Waals surface area contributed by atoms with Gasteiger partial charge in [-0.05, 0) is 36.8 Å². The highest BCUT2D eigenvalue weighted by molar-refractivity contribution is 6.23. The first-order valence-corrected chi connectivity index (χ1v) is 7.30. The largest absolute Gasteiger partial charge is 0.496 e. The molecule has 0 amide bonds. The summed E-state index contributed by atoms with van der Waals surface area (Å²) in [7, 11) is 4.54. The lowest BCUT2D eigenvalue weighted by molar-refractivity contribution is 0.0956. The van der Waals surface area contributed by atoms with Crippen LogP contribution in [-0.4, -0.2) is 32.9 Å². The van der Waals surface area contributed by atoms with Crippen LogP contribution in [0.25, 0.3) is 0 Å². The van der Waals surface area contributed by atoms with Crippen LogP contribution in [0.5, 0.6) is 17.2 Å². The second kappa shape index (κ2) is 7.64. The van der Waals surface area contributed by atoms with Gasteiger partial charge in [-0.2, -0.15) is 0 Å². The molecular formula is C19H19O5. The maximum absolute atomic E-state index is 12.3. The first-order chi connectivity index (χ1) is 11.5. The molecule has 0 unspecified atom stereocenters. The Morgan fingerprint density at radius 1 is 0.750 bits per heavy atom. The highest BCUT2D eigenvalue weighted by Crippen LogP contribution is 2.28. The Kier molecular flexibility index (Phi) is 5.58. The van der Waals surface area contributed by atoms with Crippen molar-refractivity contribution >= 4 is 11.6 Å². The number of benzene rings is 2. The van der Waals surface area contributed by atoms with E-state index in [4.69, 9.17) is 14.2 Å². The minimum atomic E-state index is -0.402. The van der Waals surface area contributed by atoms with Gasteiger partial charge in [-0.1, -0.05) is 12.1 Å². The number of Topliss-reactive ketones (excluding diaryl/α,β-unsaturated/α-hetero) is 2. The minimum absolute atomic E-state index is 0.347. The van der Waals surface area contributed by atoms with Crippen molar-refractivity contribution in [3.63, 3.8) is 0 Å². The predicted octanol–water partition coefficient (Wildman–Crippen LogP) is 3.29. The summed E-state index contributed by atoms with van der Waals surface area (Å²) < 4.78 is 15.5. The third kappa shape index (κ3) is 3.74. The summed E-state index contributed by atoms with van der Waals surface area (Å²) in [6, 6.07) is 9.82. The zero-order chi connectivity index (χ0) is 17.7. The molecule has 0 aliphatic rings. The fraction of sp³-hybridized carbons (Fsp3) is 0.211. The zero-order valence-corrected chi connectivity index (χ0v) is 14.1. The van der Waals surface area contributed by atoms with Gasteiger partial charge in [-0.3, -0.25) is 9.59 Å². The Morgan fingerprint density at radius 3 is 1.79 bits per heavy atom. The lowest BCUT2D eigenvalue weighted by Crippen LogP contribution is -2.10. The SMILES string of the molecule is COc1cc(C(=O)[CH]C(=O)c2ccc(OC)c(OC)c2)ccc1C. The van der Waals surface area contributed by atoms with E-state index in [0.29, 0.717) is 28.4 Å². The van der Waals surface area contributed by atoms with Crippen molar-refractivity contribution in [3.8, 4) is 17.2 Å². The molecule has 125 valence electrons. The Morgan fingerprint density at radius 2 is 1.25 bits per heavy atom. The van der Waals surface area contributed by atoms with Gasteiger partial charge in [-0.25, -0.2) is 0 Å². The number of rotatable bonds is 7. The number of ether oxygens (including phenoxy) is 3. The molecule has 0 bridgehead atoms. The van der Waals surface area contributed by atoms with E-state index in [0.717, 1.165) is 12.0 Å². The van der Waals surface area contributed by atoms with Crippen molar-refractivity contribution in [2.24, 2.45) is 0 Å². The summed E-state index contributed by atoms with van der Waals surface area (Å²) in [6.45, 7) is 1.88. The standard InChI is InChI=1S/C19H19O5/c1-12-5-6-13(9-18(12)23-3)15(20)11-16(21)14-7-8-17(22-2)19(10-14)24-4/h5-11H,1-4H3. The summed E-state index contributed by atoms with van der Waals surface area (Å²) >= 11 is 0. The van der Waals surface area contributed by atoms with Crippen LogP contribution in [0.1, 0.15) is 26.3 Å². The number of methoxy groups -OCH3 is 3. The molecule has 2 aromatic rings. The van der Waals surface area contributed by atoms with Gasteiger partial charge in [0.05, 0.1) is 21.3 Å². The number of ketones is 2. The summed E-state index contributed by atoms with van der Waals surface area (Å²) in [6.07, 6.45) is 1.06. The van der Waals surface area contributed by atoms with Gasteiger partial charge >= 0.3 is 0 Å². The van der Waals surface area contributed by atoms with E-state index in [1.165, 1.54) is 21.3 Å². The number of carbonyl (C=O) groups is 2. The number of hydrogen-bond donors (Lipinski definition) is 0. The normalized spacial score (nSPS) is 10.2. The van der Waals surface area contributed by atoms with Gasteiger partial charge in [0.15, 0.2) is 23.1 Å². The smallest absolute Gasteiger partial charge is 0.175 e. The van der Waals surface area contributed by atoms with Gasteiger partial charge in [0, 0.05) is 11.1 Å². The number of hydrogen-bond acceptors (Lipinski definition) is 5. The first-order valence-electron chi connectivity index (χ1n) is 7.30. The molecular weight excluding hydrogens is 308 g/mol. The van der Waals surface area contributed by atoms with Crippen LogP contribution in [-0.2, 0) is 0 Å². The first kappa shape index (κ1) is 17.5. The van der Waals surface area contributed by atoms with E-state index in [2.05, 4.69) is 0 Å². The van der Waals surface area contributed by atoms with Gasteiger partial charge < -0.3 is 14.2 Å². The van der Waals surface area contributed by atoms with Crippen LogP contribution in [0.15, 0.2) is 36.4 Å². The Bertz CT molecular complexity index is 764. The Hall–Kier alpha value is -2.82. The van der Waals surface area contributed by atoms with Gasteiger partial charge in [0.25, 0.3) is 0 Å². The zero-order valence-electron chi connectivity index (χ0n) is 14.1. The molecule has 0 saturated carbocycles. The van der Waals surface area contributed by atoms with E-state index in [-0.39, 0.29) is 5.78 Å². The van der Waals surface area contributed by atoms with Crippen molar-refractivity contribution in [2.75, 3.05) is 21.3 Å². The van der Waals surface area contributed by atoms with Crippen molar-refractivity contribution in [2.45, 2.75) is 6.92 Å². The molecule has 5 heteroatoms. The molecule has 0 heterocycles. The molecule has 2 aromatic carbocycles. The molecule has 0 fully saturated rings. The molecule has 1 radical (unpaired) electrons. The van der Waals surface area contributed by atoms with Crippen LogP contribution in [0, 0.1) is 13.3 Å². The molecule has 0 aromatic heterocycles. The second-order valence-corrected chi connectivity index (χ2v) is 5.13. The Balaban J connectivity index is 2.18. The molecule has 0 aliphatic heterocycles. The van der Waals surface area contributed by atoms with Crippen molar-refractivity contribution in [3.05, 3.63) is 59.5 Å². The summed E-state index contributed by atoms with van der Waals surface area (Å²) in [4.78, 5) is 24.6. The third-order valence-electron chi connectivity index (χ3n) is 3.62. The van der Waals surface area contributed by atoms with Crippen LogP contribution in [0.2, 0.25) is 0 Å². The average molecular weight is 327 g/mol. The maximum Gasteiger partial charge on any atom is 0.175 e. The van der Waals surface area contributed by atoms with E-state index in [1.807, 2.05) is 6.92 Å². The second-order valence-electron chi connectivity index (χ2n) is 5.13. The lowest BCUT2D eigenvalue weighted by atomic mass is 10.00. The molecule has 5 nitrogen and oxygen atoms in total. The molecule has 0 N–H and O–H groups in total. The molecule has 0 aliphatic carbocycles. The van der Waals surface area contributed by atoms with Crippen molar-refractivity contribution < 1.29 is 23.8 Å². The van der Waals surface area contributed by atoms with Crippen LogP contribution < -0.4 is 14.2 Å². The predicted molar refractivity (Wildman–Crippen MR) is 90.2 cm³/mol. The van der Waals surface area contributed by atoms with E-state index >= 15 is 0 Å². The van der Waals surface area contributed by atoms with Crippen molar-refractivity contribution in [1.29, 1.82) is 0 Å². The lowest BCUT2D eigenvalue weighted by Gasteiger charge is -2.09. The maximum atomic E-state index is 12.3. The topological polar surface area (TPSA) is 61.8 Å². The van der Waals surface area contributed by atoms with Crippen LogP contribution in [0.4, 0.5) is 0 Å². The molecule has 0 spiro atoms.